The van der Waals surface area contributed by atoms with E-state index < -0.39 is 10.0 Å². The van der Waals surface area contributed by atoms with Gasteiger partial charge in [-0.2, -0.15) is 4.31 Å². The number of halogens is 2. The molecule has 122 valence electrons. The molecular weight excluding hydrogens is 430 g/mol. The van der Waals surface area contributed by atoms with Crippen molar-refractivity contribution in [2.24, 2.45) is 10.8 Å². The van der Waals surface area contributed by atoms with Gasteiger partial charge in [0.2, 0.25) is 10.0 Å². The largest absolute Gasteiger partial charge is 0.244 e. The van der Waals surface area contributed by atoms with Crippen LogP contribution in [0.1, 0.15) is 40.0 Å². The van der Waals surface area contributed by atoms with Gasteiger partial charge in [0.15, 0.2) is 0 Å². The second-order valence-electron chi connectivity index (χ2n) is 7.84. The summed E-state index contributed by atoms with van der Waals surface area (Å²) in [5.74, 6) is 0. The van der Waals surface area contributed by atoms with E-state index in [1.807, 2.05) is 6.07 Å². The molecule has 1 saturated carbocycles. The molecule has 0 radical (unpaired) electrons. The first-order chi connectivity index (χ1) is 10.0. The monoisotopic (exact) mass is 449 g/mol. The Kier molecular flexibility index (Phi) is 4.08. The van der Waals surface area contributed by atoms with Crippen molar-refractivity contribution >= 4 is 41.9 Å². The van der Waals surface area contributed by atoms with Crippen molar-refractivity contribution in [2.45, 2.75) is 51.0 Å². The maximum Gasteiger partial charge on any atom is 0.244 e. The Balaban J connectivity index is 2.02. The van der Waals surface area contributed by atoms with E-state index in [0.29, 0.717) is 15.9 Å². The van der Waals surface area contributed by atoms with Crippen LogP contribution in [0.25, 0.3) is 0 Å². The van der Waals surface area contributed by atoms with Crippen molar-refractivity contribution in [3.05, 3.63) is 27.1 Å². The number of sulfonamides is 1. The number of benzene rings is 1. The molecule has 1 heterocycles. The van der Waals surface area contributed by atoms with E-state index in [9.17, 15) is 8.42 Å². The highest BCUT2D eigenvalue weighted by molar-refractivity contribution is 9.11. The third-order valence-electron chi connectivity index (χ3n) is 4.85. The van der Waals surface area contributed by atoms with Crippen LogP contribution in [-0.2, 0) is 10.0 Å². The second kappa shape index (κ2) is 5.30. The van der Waals surface area contributed by atoms with E-state index in [4.69, 9.17) is 0 Å². The molecule has 2 aliphatic rings. The molecule has 1 aliphatic carbocycles. The summed E-state index contributed by atoms with van der Waals surface area (Å²) in [6.45, 7) is 7.36. The van der Waals surface area contributed by atoms with Crippen molar-refractivity contribution in [1.82, 2.24) is 4.31 Å². The smallest absolute Gasteiger partial charge is 0.207 e. The molecule has 0 N–H and O–H groups in total. The maximum absolute atomic E-state index is 13.2. The fourth-order valence-corrected chi connectivity index (χ4v) is 7.73. The van der Waals surface area contributed by atoms with Crippen LogP contribution in [0, 0.1) is 10.8 Å². The number of fused-ring (bicyclic) bond motifs is 2. The molecule has 1 aromatic rings. The first-order valence-corrected chi connectivity index (χ1v) is 10.5. The Morgan fingerprint density at radius 2 is 1.86 bits per heavy atom. The predicted molar refractivity (Wildman–Crippen MR) is 95.3 cm³/mol. The SMILES string of the molecule is CC1(C)C[C@H]2C[C@@](C)(CN2S(=O)(=O)c2cc(Br)ccc2Br)C1. The number of hydrogen-bond acceptors (Lipinski definition) is 2. The first-order valence-electron chi connectivity index (χ1n) is 7.49. The van der Waals surface area contributed by atoms with Crippen molar-refractivity contribution in [2.75, 3.05) is 6.54 Å². The van der Waals surface area contributed by atoms with E-state index in [2.05, 4.69) is 52.6 Å². The fraction of sp³-hybridized carbons (Fsp3) is 0.625. The summed E-state index contributed by atoms with van der Waals surface area (Å²) in [5.41, 5.74) is 0.300. The summed E-state index contributed by atoms with van der Waals surface area (Å²) in [6, 6.07) is 5.43. The van der Waals surface area contributed by atoms with Crippen molar-refractivity contribution in [3.63, 3.8) is 0 Å². The van der Waals surface area contributed by atoms with Gasteiger partial charge in [-0.3, -0.25) is 0 Å². The minimum atomic E-state index is -3.48. The fourth-order valence-electron chi connectivity index (χ4n) is 4.49. The molecule has 2 fully saturated rings. The first kappa shape index (κ1) is 16.9. The Morgan fingerprint density at radius 3 is 2.55 bits per heavy atom. The van der Waals surface area contributed by atoms with Gasteiger partial charge >= 0.3 is 0 Å². The van der Waals surface area contributed by atoms with Crippen LogP contribution in [0.2, 0.25) is 0 Å². The van der Waals surface area contributed by atoms with Crippen LogP contribution in [0.5, 0.6) is 0 Å². The molecule has 3 rings (SSSR count). The van der Waals surface area contributed by atoms with Gasteiger partial charge in [-0.05, 0) is 64.2 Å². The van der Waals surface area contributed by atoms with Crippen LogP contribution >= 0.6 is 31.9 Å². The summed E-state index contributed by atoms with van der Waals surface area (Å²) >= 11 is 6.77. The lowest BCUT2D eigenvalue weighted by Crippen LogP contribution is -2.37. The van der Waals surface area contributed by atoms with E-state index in [1.54, 1.807) is 16.4 Å². The number of nitrogens with zero attached hydrogens (tertiary/aromatic N) is 1. The highest BCUT2D eigenvalue weighted by Gasteiger charge is 2.53. The molecule has 0 unspecified atom stereocenters. The highest BCUT2D eigenvalue weighted by atomic mass is 79.9. The Hall–Kier alpha value is 0.0900. The lowest BCUT2D eigenvalue weighted by molar-refractivity contribution is 0.133. The zero-order valence-electron chi connectivity index (χ0n) is 13.1. The number of rotatable bonds is 2. The minimum absolute atomic E-state index is 0.0952. The van der Waals surface area contributed by atoms with Crippen LogP contribution < -0.4 is 0 Å². The van der Waals surface area contributed by atoms with Gasteiger partial charge in [0.1, 0.15) is 0 Å². The summed E-state index contributed by atoms with van der Waals surface area (Å²) in [4.78, 5) is 0.357. The second-order valence-corrected chi connectivity index (χ2v) is 11.5. The van der Waals surface area contributed by atoms with E-state index in [0.717, 1.165) is 23.7 Å². The molecule has 22 heavy (non-hydrogen) atoms. The molecule has 1 aliphatic heterocycles. The van der Waals surface area contributed by atoms with Crippen LogP contribution in [0.4, 0.5) is 0 Å². The minimum Gasteiger partial charge on any atom is -0.207 e. The molecule has 2 bridgehead atoms. The standard InChI is InChI=1S/C16H21Br2NO2S/c1-15(2)7-12-8-16(3,9-15)10-19(12)22(20,21)14-6-11(17)4-5-13(14)18/h4-6,12H,7-10H2,1-3H3/t12-,16+/m0/s1. The van der Waals surface area contributed by atoms with Gasteiger partial charge in [0, 0.05) is 21.5 Å². The molecule has 3 nitrogen and oxygen atoms in total. The molecular formula is C16H21Br2NO2S. The molecule has 0 spiro atoms. The Bertz CT molecular complexity index is 717. The number of hydrogen-bond donors (Lipinski definition) is 0. The van der Waals surface area contributed by atoms with Gasteiger partial charge in [-0.25, -0.2) is 8.42 Å². The van der Waals surface area contributed by atoms with Gasteiger partial charge in [0.25, 0.3) is 0 Å². The van der Waals surface area contributed by atoms with Gasteiger partial charge in [-0.1, -0.05) is 36.7 Å². The van der Waals surface area contributed by atoms with Gasteiger partial charge in [0.05, 0.1) is 4.90 Å². The Morgan fingerprint density at radius 1 is 1.18 bits per heavy atom. The summed E-state index contributed by atoms with van der Waals surface area (Å²) in [6.07, 6.45) is 3.00. The lowest BCUT2D eigenvalue weighted by Gasteiger charge is -2.39. The normalized spacial score (nSPS) is 31.4. The highest BCUT2D eigenvalue weighted by Crippen LogP contribution is 2.54. The molecule has 1 saturated heterocycles. The summed E-state index contributed by atoms with van der Waals surface area (Å²) in [5, 5.41) is 0. The van der Waals surface area contributed by atoms with Gasteiger partial charge < -0.3 is 0 Å². The predicted octanol–water partition coefficient (Wildman–Crippen LogP) is 4.80. The third kappa shape index (κ3) is 2.92. The average Bonchev–Trinajstić information content (AvgIpc) is 2.62. The van der Waals surface area contributed by atoms with Crippen molar-refractivity contribution in [1.29, 1.82) is 0 Å². The maximum atomic E-state index is 13.2. The molecule has 6 heteroatoms. The summed E-state index contributed by atoms with van der Waals surface area (Å²) in [7, 11) is -3.48. The van der Waals surface area contributed by atoms with Crippen LogP contribution in [0.3, 0.4) is 0 Å². The Labute approximate surface area is 149 Å². The lowest BCUT2D eigenvalue weighted by atomic mass is 9.65. The zero-order chi connectivity index (χ0) is 16.3. The molecule has 0 aromatic heterocycles. The summed E-state index contributed by atoms with van der Waals surface area (Å²) < 4.78 is 29.5. The van der Waals surface area contributed by atoms with E-state index in [1.165, 1.54) is 0 Å². The van der Waals surface area contributed by atoms with E-state index in [-0.39, 0.29) is 16.9 Å². The third-order valence-corrected chi connectivity index (χ3v) is 8.23. The molecule has 1 aromatic carbocycles. The van der Waals surface area contributed by atoms with Crippen molar-refractivity contribution in [3.8, 4) is 0 Å². The zero-order valence-corrected chi connectivity index (χ0v) is 17.1. The topological polar surface area (TPSA) is 37.4 Å². The molecule has 2 atom stereocenters. The van der Waals surface area contributed by atoms with E-state index >= 15 is 0 Å². The quantitative estimate of drug-likeness (QED) is 0.648. The van der Waals surface area contributed by atoms with Crippen molar-refractivity contribution < 1.29 is 8.42 Å². The molecule has 0 amide bonds. The van der Waals surface area contributed by atoms with Crippen LogP contribution in [-0.4, -0.2) is 25.3 Å². The average molecular weight is 451 g/mol. The van der Waals surface area contributed by atoms with Crippen LogP contribution in [0.15, 0.2) is 32.0 Å². The van der Waals surface area contributed by atoms with Gasteiger partial charge in [-0.15, -0.1) is 0 Å².